The van der Waals surface area contributed by atoms with Gasteiger partial charge < -0.3 is 19.2 Å². The normalized spacial score (nSPS) is 20.2. The summed E-state index contributed by atoms with van der Waals surface area (Å²) < 4.78 is 18.3. The smallest absolute Gasteiger partial charge is 0.375 e. The van der Waals surface area contributed by atoms with Gasteiger partial charge in [-0.1, -0.05) is 84.5 Å². The van der Waals surface area contributed by atoms with Gasteiger partial charge in [-0.3, -0.25) is 4.79 Å². The van der Waals surface area contributed by atoms with Crippen LogP contribution in [0, 0.1) is 5.92 Å². The van der Waals surface area contributed by atoms with E-state index in [2.05, 4.69) is 53.4 Å². The van der Waals surface area contributed by atoms with E-state index in [1.165, 1.54) is 6.08 Å². The van der Waals surface area contributed by atoms with Gasteiger partial charge in [0.1, 0.15) is 12.4 Å². The molecule has 3 atom stereocenters. The highest BCUT2D eigenvalue weighted by atomic mass is 28.4. The standard InChI is InChI=1S/C33H43NO5Si/c1-9-17-38-33(36)32(35)30-25(23-13-11-10-12-14-23)19-28(39-40(20(2)3,21(4)5)22(6)7)29-26-18-24(37-8)15-16-27(26)34-31(29)30/h9-16,18,20-22,25,30-31,34H,1,17,19H2,2-8H3/t25-,30-,31-/m1/s1. The van der Waals surface area contributed by atoms with E-state index >= 15 is 0 Å². The highest BCUT2D eigenvalue weighted by Gasteiger charge is 2.53. The number of hydrogen-bond donors (Lipinski definition) is 1. The van der Waals surface area contributed by atoms with Crippen molar-refractivity contribution in [3.63, 3.8) is 0 Å². The van der Waals surface area contributed by atoms with Gasteiger partial charge in [0.25, 0.3) is 8.32 Å². The Bertz CT molecular complexity index is 1260. The number of rotatable bonds is 11. The number of allylic oxidation sites excluding steroid dienone is 1. The molecule has 2 aromatic carbocycles. The molecular formula is C33H43NO5Si. The highest BCUT2D eigenvalue weighted by Crippen LogP contribution is 2.54. The molecule has 1 aliphatic carbocycles. The van der Waals surface area contributed by atoms with Crippen molar-refractivity contribution < 1.29 is 23.5 Å². The van der Waals surface area contributed by atoms with Crippen molar-refractivity contribution >= 4 is 31.3 Å². The first-order valence-electron chi connectivity index (χ1n) is 14.3. The minimum Gasteiger partial charge on any atom is -0.545 e. The molecule has 0 spiro atoms. The van der Waals surface area contributed by atoms with Gasteiger partial charge in [-0.2, -0.15) is 0 Å². The molecule has 4 rings (SSSR count). The van der Waals surface area contributed by atoms with Gasteiger partial charge in [0.2, 0.25) is 5.78 Å². The number of benzene rings is 2. The molecule has 0 fully saturated rings. The molecule has 6 nitrogen and oxygen atoms in total. The Hall–Kier alpha value is -3.32. The number of esters is 1. The fraction of sp³-hybridized carbons (Fsp3) is 0.455. The molecule has 0 amide bonds. The Balaban J connectivity index is 1.95. The number of carbonyl (C=O) groups is 2. The molecule has 0 bridgehead atoms. The van der Waals surface area contributed by atoms with Gasteiger partial charge in [-0.25, -0.2) is 4.79 Å². The van der Waals surface area contributed by atoms with E-state index in [4.69, 9.17) is 13.9 Å². The van der Waals surface area contributed by atoms with E-state index in [1.54, 1.807) is 7.11 Å². The Labute approximate surface area is 239 Å². The lowest BCUT2D eigenvalue weighted by molar-refractivity contribution is -0.155. The number of fused-ring (bicyclic) bond motifs is 3. The summed E-state index contributed by atoms with van der Waals surface area (Å²) in [6.45, 7) is 17.3. The van der Waals surface area contributed by atoms with Gasteiger partial charge in [-0.15, -0.1) is 0 Å². The molecule has 214 valence electrons. The molecule has 2 aromatic rings. The molecule has 0 saturated carbocycles. The molecule has 1 heterocycles. The second-order valence-electron chi connectivity index (χ2n) is 11.8. The van der Waals surface area contributed by atoms with Crippen molar-refractivity contribution in [1.82, 2.24) is 0 Å². The Morgan fingerprint density at radius 2 is 1.68 bits per heavy atom. The summed E-state index contributed by atoms with van der Waals surface area (Å²) in [6.07, 6.45) is 1.99. The van der Waals surface area contributed by atoms with Crippen LogP contribution in [0.4, 0.5) is 5.69 Å². The summed E-state index contributed by atoms with van der Waals surface area (Å²) >= 11 is 0. The summed E-state index contributed by atoms with van der Waals surface area (Å²) in [5.74, 6) is -0.662. The number of anilines is 1. The van der Waals surface area contributed by atoms with Crippen LogP contribution in [0.25, 0.3) is 5.57 Å². The van der Waals surface area contributed by atoms with Crippen LogP contribution in [0.5, 0.6) is 5.75 Å². The van der Waals surface area contributed by atoms with E-state index in [0.29, 0.717) is 23.0 Å². The van der Waals surface area contributed by atoms with Crippen molar-refractivity contribution in [2.75, 3.05) is 19.0 Å². The van der Waals surface area contributed by atoms with E-state index in [1.807, 2.05) is 48.5 Å². The van der Waals surface area contributed by atoms with Gasteiger partial charge in [-0.05, 0) is 40.4 Å². The highest BCUT2D eigenvalue weighted by molar-refractivity contribution is 6.78. The predicted molar refractivity (Wildman–Crippen MR) is 163 cm³/mol. The number of hydrogen-bond acceptors (Lipinski definition) is 6. The van der Waals surface area contributed by atoms with Crippen LogP contribution >= 0.6 is 0 Å². The largest absolute Gasteiger partial charge is 0.545 e. The lowest BCUT2D eigenvalue weighted by Gasteiger charge is -2.46. The first-order valence-corrected chi connectivity index (χ1v) is 16.4. The molecule has 0 radical (unpaired) electrons. The van der Waals surface area contributed by atoms with Crippen molar-refractivity contribution in [2.24, 2.45) is 5.92 Å². The minimum atomic E-state index is -2.34. The van der Waals surface area contributed by atoms with Gasteiger partial charge in [0.05, 0.1) is 24.8 Å². The SMILES string of the molecule is C=CCOC(=O)C(=O)[C@H]1[C@@H]2Nc3ccc(OC)cc3C2=C(O[Si](C(C)C)(C(C)C)C(C)C)C[C@@H]1c1ccccc1. The zero-order chi connectivity index (χ0) is 29.2. The third kappa shape index (κ3) is 5.23. The number of carbonyl (C=O) groups excluding carboxylic acids is 2. The zero-order valence-corrected chi connectivity index (χ0v) is 25.8. The maximum absolute atomic E-state index is 13.9. The van der Waals surface area contributed by atoms with Crippen molar-refractivity contribution in [3.05, 3.63) is 78.1 Å². The van der Waals surface area contributed by atoms with Gasteiger partial charge in [0, 0.05) is 29.2 Å². The van der Waals surface area contributed by atoms with Crippen LogP contribution < -0.4 is 10.1 Å². The maximum atomic E-state index is 13.9. The van der Waals surface area contributed by atoms with Crippen LogP contribution in [0.1, 0.15) is 65.0 Å². The van der Waals surface area contributed by atoms with E-state index in [9.17, 15) is 9.59 Å². The van der Waals surface area contributed by atoms with Crippen LogP contribution in [0.15, 0.2) is 66.9 Å². The van der Waals surface area contributed by atoms with Crippen LogP contribution in [0.3, 0.4) is 0 Å². The molecule has 7 heteroatoms. The topological polar surface area (TPSA) is 73.9 Å². The lowest BCUT2D eigenvalue weighted by Crippen LogP contribution is -2.49. The van der Waals surface area contributed by atoms with Crippen molar-refractivity contribution in [3.8, 4) is 5.75 Å². The number of ether oxygens (including phenoxy) is 2. The number of methoxy groups -OCH3 is 1. The molecular weight excluding hydrogens is 518 g/mol. The monoisotopic (exact) mass is 561 g/mol. The molecule has 1 N–H and O–H groups in total. The number of ketones is 1. The molecule has 2 aliphatic rings. The van der Waals surface area contributed by atoms with Crippen molar-refractivity contribution in [2.45, 2.75) is 76.5 Å². The molecule has 0 aromatic heterocycles. The van der Waals surface area contributed by atoms with E-state index in [0.717, 1.165) is 33.9 Å². The summed E-state index contributed by atoms with van der Waals surface area (Å²) in [7, 11) is -0.693. The zero-order valence-electron chi connectivity index (χ0n) is 24.8. The summed E-state index contributed by atoms with van der Waals surface area (Å²) in [5.41, 5.74) is 4.94. The lowest BCUT2D eigenvalue weighted by atomic mass is 9.70. The fourth-order valence-electron chi connectivity index (χ4n) is 7.03. The van der Waals surface area contributed by atoms with Crippen LogP contribution in [-0.2, 0) is 18.8 Å². The van der Waals surface area contributed by atoms with Gasteiger partial charge >= 0.3 is 5.97 Å². The summed E-state index contributed by atoms with van der Waals surface area (Å²) in [6, 6.07) is 15.4. The van der Waals surface area contributed by atoms with Gasteiger partial charge in [0.15, 0.2) is 0 Å². The molecule has 0 saturated heterocycles. The second-order valence-corrected chi connectivity index (χ2v) is 17.2. The quantitative estimate of drug-likeness (QED) is 0.133. The average Bonchev–Trinajstić information content (AvgIpc) is 3.32. The van der Waals surface area contributed by atoms with Crippen LogP contribution in [-0.4, -0.2) is 39.8 Å². The molecule has 1 aliphatic heterocycles. The first kappa shape index (κ1) is 29.7. The van der Waals surface area contributed by atoms with Crippen LogP contribution in [0.2, 0.25) is 16.6 Å². The molecule has 40 heavy (non-hydrogen) atoms. The minimum absolute atomic E-state index is 0.00877. The number of nitrogens with one attached hydrogen (secondary N) is 1. The Morgan fingerprint density at radius 1 is 1.02 bits per heavy atom. The van der Waals surface area contributed by atoms with E-state index < -0.39 is 32.0 Å². The molecule has 0 unspecified atom stereocenters. The first-order chi connectivity index (χ1) is 19.1. The third-order valence-electron chi connectivity index (χ3n) is 8.71. The van der Waals surface area contributed by atoms with E-state index in [-0.39, 0.29) is 12.5 Å². The second kappa shape index (κ2) is 12.0. The Morgan fingerprint density at radius 3 is 2.25 bits per heavy atom. The summed E-state index contributed by atoms with van der Waals surface area (Å²) in [4.78, 5) is 26.9. The maximum Gasteiger partial charge on any atom is 0.375 e. The number of Topliss-reactive ketones (excluding diaryl/α,β-unsaturated/α-hetero) is 1. The fourth-order valence-corrected chi connectivity index (χ4v) is 12.4. The summed E-state index contributed by atoms with van der Waals surface area (Å²) in [5, 5.41) is 3.61. The predicted octanol–water partition coefficient (Wildman–Crippen LogP) is 7.49. The average molecular weight is 562 g/mol. The third-order valence-corrected chi connectivity index (χ3v) is 14.7. The van der Waals surface area contributed by atoms with Crippen molar-refractivity contribution in [1.29, 1.82) is 0 Å². The Kier molecular flexibility index (Phi) is 8.93.